The first-order chi connectivity index (χ1) is 6.63. The normalized spacial score (nSPS) is 11.1. The van der Waals surface area contributed by atoms with E-state index in [0.29, 0.717) is 5.92 Å². The molecule has 0 aliphatic carbocycles. The third kappa shape index (κ3) is 4.86. The molecule has 0 bridgehead atoms. The molecule has 0 heterocycles. The van der Waals surface area contributed by atoms with Gasteiger partial charge in [0.15, 0.2) is 0 Å². The van der Waals surface area contributed by atoms with Crippen LogP contribution in [0.15, 0.2) is 42.5 Å². The summed E-state index contributed by atoms with van der Waals surface area (Å²) in [5.41, 5.74) is 2.57. The lowest BCUT2D eigenvalue weighted by Gasteiger charge is -2.10. The fraction of sp³-hybridized carbons (Fsp3) is 0.429. The van der Waals surface area contributed by atoms with Crippen molar-refractivity contribution in [3.63, 3.8) is 0 Å². The molecular weight excluding hydrogens is 168 g/mol. The van der Waals surface area contributed by atoms with Crippen molar-refractivity contribution in [3.05, 3.63) is 48.0 Å². The minimum atomic E-state index is 0.483. The Bertz CT molecular complexity index is 246. The van der Waals surface area contributed by atoms with Gasteiger partial charge in [-0.05, 0) is 12.5 Å². The van der Waals surface area contributed by atoms with Gasteiger partial charge in [0.1, 0.15) is 0 Å². The van der Waals surface area contributed by atoms with Gasteiger partial charge in [-0.3, -0.25) is 0 Å². The Balaban J connectivity index is 0.000000500. The molecule has 0 aliphatic rings. The summed E-state index contributed by atoms with van der Waals surface area (Å²) in [6.45, 7) is 12.4. The largest absolute Gasteiger partial charge is 0.0995 e. The molecule has 0 heteroatoms. The maximum absolute atomic E-state index is 3.93. The summed E-state index contributed by atoms with van der Waals surface area (Å²) < 4.78 is 0. The maximum atomic E-state index is 3.93. The van der Waals surface area contributed by atoms with E-state index in [9.17, 15) is 0 Å². The standard InChI is InChI=1S/C11H14.C3H8/c1-9(2)10(3)11-7-5-4-6-8-11;1-3-2/h4-8,10H,1H2,2-3H3;3H2,1-2H3. The molecule has 0 saturated carbocycles. The molecule has 0 spiro atoms. The van der Waals surface area contributed by atoms with Crippen molar-refractivity contribution in [2.24, 2.45) is 0 Å². The predicted octanol–water partition coefficient (Wildman–Crippen LogP) is 4.78. The zero-order valence-corrected chi connectivity index (χ0v) is 9.88. The van der Waals surface area contributed by atoms with Crippen molar-refractivity contribution in [2.45, 2.75) is 40.0 Å². The third-order valence-electron chi connectivity index (χ3n) is 2.04. The van der Waals surface area contributed by atoms with Crippen LogP contribution < -0.4 is 0 Å². The first kappa shape index (κ1) is 13.0. The lowest BCUT2D eigenvalue weighted by molar-refractivity contribution is 0.899. The second-order valence-electron chi connectivity index (χ2n) is 3.69. The Kier molecular flexibility index (Phi) is 6.82. The molecule has 0 fully saturated rings. The quantitative estimate of drug-likeness (QED) is 0.589. The summed E-state index contributed by atoms with van der Waals surface area (Å²) in [7, 11) is 0. The highest BCUT2D eigenvalue weighted by atomic mass is 14.1. The minimum absolute atomic E-state index is 0.483. The van der Waals surface area contributed by atoms with Crippen LogP contribution in [0.2, 0.25) is 0 Å². The predicted molar refractivity (Wildman–Crippen MR) is 65.6 cm³/mol. The SMILES string of the molecule is C=C(C)C(C)c1ccccc1.CCC. The fourth-order valence-electron chi connectivity index (χ4n) is 1.03. The maximum Gasteiger partial charge on any atom is 0.00143 e. The highest BCUT2D eigenvalue weighted by molar-refractivity contribution is 5.25. The molecule has 14 heavy (non-hydrogen) atoms. The van der Waals surface area contributed by atoms with E-state index in [2.05, 4.69) is 58.5 Å². The number of benzene rings is 1. The van der Waals surface area contributed by atoms with E-state index in [1.165, 1.54) is 17.6 Å². The molecule has 0 nitrogen and oxygen atoms in total. The average Bonchev–Trinajstić information content (AvgIpc) is 2.19. The summed E-state index contributed by atoms with van der Waals surface area (Å²) in [5, 5.41) is 0. The second kappa shape index (κ2) is 7.37. The van der Waals surface area contributed by atoms with Crippen LogP contribution in [0.4, 0.5) is 0 Å². The van der Waals surface area contributed by atoms with E-state index < -0.39 is 0 Å². The summed E-state index contributed by atoms with van der Waals surface area (Å²) in [6, 6.07) is 10.4. The van der Waals surface area contributed by atoms with Gasteiger partial charge in [-0.25, -0.2) is 0 Å². The first-order valence-electron chi connectivity index (χ1n) is 5.33. The van der Waals surface area contributed by atoms with Crippen LogP contribution in [0, 0.1) is 0 Å². The van der Waals surface area contributed by atoms with Crippen LogP contribution in [-0.4, -0.2) is 0 Å². The van der Waals surface area contributed by atoms with Crippen molar-refractivity contribution in [2.75, 3.05) is 0 Å². The monoisotopic (exact) mass is 190 g/mol. The van der Waals surface area contributed by atoms with Crippen LogP contribution >= 0.6 is 0 Å². The Morgan fingerprint density at radius 1 is 1.21 bits per heavy atom. The zero-order chi connectivity index (χ0) is 11.0. The summed E-state index contributed by atoms with van der Waals surface area (Å²) in [5.74, 6) is 0.483. The van der Waals surface area contributed by atoms with Crippen molar-refractivity contribution < 1.29 is 0 Å². The number of hydrogen-bond donors (Lipinski definition) is 0. The van der Waals surface area contributed by atoms with Gasteiger partial charge in [-0.1, -0.05) is 69.7 Å². The van der Waals surface area contributed by atoms with Crippen LogP contribution in [0.25, 0.3) is 0 Å². The van der Waals surface area contributed by atoms with E-state index in [1.807, 2.05) is 6.07 Å². The molecule has 1 atom stereocenters. The molecule has 1 aromatic rings. The highest BCUT2D eigenvalue weighted by Gasteiger charge is 2.03. The topological polar surface area (TPSA) is 0 Å². The van der Waals surface area contributed by atoms with E-state index in [0.717, 1.165) is 0 Å². The Hall–Kier alpha value is -1.04. The van der Waals surface area contributed by atoms with Gasteiger partial charge in [0.2, 0.25) is 0 Å². The minimum Gasteiger partial charge on any atom is -0.0995 e. The van der Waals surface area contributed by atoms with Crippen LogP contribution in [0.5, 0.6) is 0 Å². The van der Waals surface area contributed by atoms with Crippen LogP contribution in [0.3, 0.4) is 0 Å². The summed E-state index contributed by atoms with van der Waals surface area (Å²) in [6.07, 6.45) is 1.25. The molecule has 0 radical (unpaired) electrons. The van der Waals surface area contributed by atoms with Gasteiger partial charge in [-0.2, -0.15) is 0 Å². The van der Waals surface area contributed by atoms with Gasteiger partial charge >= 0.3 is 0 Å². The van der Waals surface area contributed by atoms with Crippen LogP contribution in [0.1, 0.15) is 45.6 Å². The van der Waals surface area contributed by atoms with E-state index in [1.54, 1.807) is 0 Å². The molecule has 0 saturated heterocycles. The van der Waals surface area contributed by atoms with Gasteiger partial charge in [0.25, 0.3) is 0 Å². The Labute approximate surface area is 88.7 Å². The molecule has 0 aliphatic heterocycles. The molecule has 0 aromatic heterocycles. The summed E-state index contributed by atoms with van der Waals surface area (Å²) in [4.78, 5) is 0. The van der Waals surface area contributed by atoms with Crippen molar-refractivity contribution in [1.82, 2.24) is 0 Å². The smallest absolute Gasteiger partial charge is 0.00143 e. The van der Waals surface area contributed by atoms with Gasteiger partial charge < -0.3 is 0 Å². The number of rotatable bonds is 2. The van der Waals surface area contributed by atoms with E-state index in [-0.39, 0.29) is 0 Å². The van der Waals surface area contributed by atoms with Crippen molar-refractivity contribution in [3.8, 4) is 0 Å². The Morgan fingerprint density at radius 3 is 2.00 bits per heavy atom. The van der Waals surface area contributed by atoms with Gasteiger partial charge in [0, 0.05) is 5.92 Å². The number of allylic oxidation sites excluding steroid dienone is 1. The molecule has 1 aromatic carbocycles. The molecule has 1 rings (SSSR count). The first-order valence-corrected chi connectivity index (χ1v) is 5.33. The lowest BCUT2D eigenvalue weighted by atomic mass is 9.95. The molecule has 1 unspecified atom stereocenters. The van der Waals surface area contributed by atoms with E-state index >= 15 is 0 Å². The Morgan fingerprint density at radius 2 is 1.64 bits per heavy atom. The highest BCUT2D eigenvalue weighted by Crippen LogP contribution is 2.20. The second-order valence-corrected chi connectivity index (χ2v) is 3.69. The van der Waals surface area contributed by atoms with Gasteiger partial charge in [-0.15, -0.1) is 0 Å². The summed E-state index contributed by atoms with van der Waals surface area (Å²) >= 11 is 0. The molecule has 0 amide bonds. The van der Waals surface area contributed by atoms with Crippen molar-refractivity contribution >= 4 is 0 Å². The van der Waals surface area contributed by atoms with Gasteiger partial charge in [0.05, 0.1) is 0 Å². The molecule has 78 valence electrons. The van der Waals surface area contributed by atoms with Crippen LogP contribution in [-0.2, 0) is 0 Å². The third-order valence-corrected chi connectivity index (χ3v) is 2.04. The number of hydrogen-bond acceptors (Lipinski definition) is 0. The molecular formula is C14H22. The zero-order valence-electron chi connectivity index (χ0n) is 9.88. The van der Waals surface area contributed by atoms with Crippen molar-refractivity contribution in [1.29, 1.82) is 0 Å². The molecule has 0 N–H and O–H groups in total. The average molecular weight is 190 g/mol. The van der Waals surface area contributed by atoms with E-state index in [4.69, 9.17) is 0 Å². The lowest BCUT2D eigenvalue weighted by Crippen LogP contribution is -1.92. The fourth-order valence-corrected chi connectivity index (χ4v) is 1.03.